The lowest BCUT2D eigenvalue weighted by Crippen LogP contribution is -2.17. The number of nitro benzene ring substituents is 1. The second kappa shape index (κ2) is 7.87. The number of benzene rings is 2. The van der Waals surface area contributed by atoms with E-state index in [9.17, 15) is 19.7 Å². The van der Waals surface area contributed by atoms with Gasteiger partial charge in [0.15, 0.2) is 0 Å². The number of amides is 2. The first-order valence-electron chi connectivity index (χ1n) is 7.47. The Morgan fingerprint density at radius 2 is 1.80 bits per heavy atom. The first-order chi connectivity index (χ1) is 11.9. The molecule has 0 unspecified atom stereocenters. The number of nitrogens with one attached hydrogen (secondary N) is 2. The van der Waals surface area contributed by atoms with Crippen molar-refractivity contribution in [1.82, 2.24) is 5.32 Å². The van der Waals surface area contributed by atoms with Crippen LogP contribution in [0.2, 0.25) is 0 Å². The molecule has 128 valence electrons. The number of carbonyl (C=O) groups is 2. The van der Waals surface area contributed by atoms with Crippen molar-refractivity contribution in [3.63, 3.8) is 0 Å². The van der Waals surface area contributed by atoms with Gasteiger partial charge >= 0.3 is 0 Å². The molecule has 2 rings (SSSR count). The third kappa shape index (κ3) is 4.74. The quantitative estimate of drug-likeness (QED) is 0.497. The number of non-ortho nitro benzene ring substituents is 1. The van der Waals surface area contributed by atoms with E-state index in [2.05, 4.69) is 10.6 Å². The summed E-state index contributed by atoms with van der Waals surface area (Å²) in [5.41, 5.74) is 2.30. The lowest BCUT2D eigenvalue weighted by Gasteiger charge is -2.06. The third-order valence-electron chi connectivity index (χ3n) is 3.52. The van der Waals surface area contributed by atoms with E-state index in [1.54, 1.807) is 50.4 Å². The van der Waals surface area contributed by atoms with E-state index < -0.39 is 10.8 Å². The van der Waals surface area contributed by atoms with Crippen LogP contribution in [0.3, 0.4) is 0 Å². The molecule has 0 aliphatic rings. The summed E-state index contributed by atoms with van der Waals surface area (Å²) in [6, 6.07) is 11.0. The van der Waals surface area contributed by atoms with Crippen LogP contribution in [0, 0.1) is 17.0 Å². The maximum atomic E-state index is 12.0. The zero-order valence-corrected chi connectivity index (χ0v) is 13.8. The molecule has 0 spiro atoms. The van der Waals surface area contributed by atoms with Crippen molar-refractivity contribution >= 4 is 29.3 Å². The van der Waals surface area contributed by atoms with Gasteiger partial charge in [-0.3, -0.25) is 19.7 Å². The standard InChI is InChI=1S/C18H17N3O4/c1-12-3-9-15(21(24)25)11-16(12)20-17(22)10-6-13-4-7-14(8-5-13)18(23)19-2/h3-11H,1-2H3,(H,19,23)(H,20,22)/b10-6+. The Hall–Kier alpha value is -3.48. The molecule has 25 heavy (non-hydrogen) atoms. The molecule has 0 radical (unpaired) electrons. The maximum Gasteiger partial charge on any atom is 0.271 e. The Kier molecular flexibility index (Phi) is 5.62. The predicted octanol–water partition coefficient (Wildman–Crippen LogP) is 2.91. The summed E-state index contributed by atoms with van der Waals surface area (Å²) >= 11 is 0. The van der Waals surface area contributed by atoms with Gasteiger partial charge in [-0.15, -0.1) is 0 Å². The minimum Gasteiger partial charge on any atom is -0.355 e. The van der Waals surface area contributed by atoms with Crippen LogP contribution in [-0.2, 0) is 4.79 Å². The van der Waals surface area contributed by atoms with E-state index in [0.29, 0.717) is 11.3 Å². The van der Waals surface area contributed by atoms with Crippen molar-refractivity contribution < 1.29 is 14.5 Å². The molecule has 2 N–H and O–H groups in total. The molecular formula is C18H17N3O4. The number of nitrogens with zero attached hydrogens (tertiary/aromatic N) is 1. The van der Waals surface area contributed by atoms with Crippen molar-refractivity contribution in [2.45, 2.75) is 6.92 Å². The highest BCUT2D eigenvalue weighted by atomic mass is 16.6. The van der Waals surface area contributed by atoms with Crippen LogP contribution in [0.15, 0.2) is 48.5 Å². The summed E-state index contributed by atoms with van der Waals surface area (Å²) in [7, 11) is 1.55. The highest BCUT2D eigenvalue weighted by molar-refractivity contribution is 6.02. The lowest BCUT2D eigenvalue weighted by molar-refractivity contribution is -0.384. The summed E-state index contributed by atoms with van der Waals surface area (Å²) < 4.78 is 0. The van der Waals surface area contributed by atoms with Crippen LogP contribution in [0.4, 0.5) is 11.4 Å². The summed E-state index contributed by atoms with van der Waals surface area (Å²) in [5.74, 6) is -0.589. The number of hydrogen-bond acceptors (Lipinski definition) is 4. The molecule has 0 fully saturated rings. The summed E-state index contributed by atoms with van der Waals surface area (Å²) in [6.07, 6.45) is 2.92. The average molecular weight is 339 g/mol. The SMILES string of the molecule is CNC(=O)c1ccc(/C=C/C(=O)Nc2cc([N+](=O)[O-])ccc2C)cc1. The van der Waals surface area contributed by atoms with Gasteiger partial charge in [0.05, 0.1) is 10.6 Å². The summed E-state index contributed by atoms with van der Waals surface area (Å²) in [6.45, 7) is 1.75. The maximum absolute atomic E-state index is 12.0. The Morgan fingerprint density at radius 3 is 2.40 bits per heavy atom. The molecule has 2 amide bonds. The summed E-state index contributed by atoms with van der Waals surface area (Å²) in [4.78, 5) is 33.8. The molecule has 0 bridgehead atoms. The molecular weight excluding hydrogens is 322 g/mol. The van der Waals surface area contributed by atoms with Crippen LogP contribution in [0.1, 0.15) is 21.5 Å². The van der Waals surface area contributed by atoms with Gasteiger partial charge in [0, 0.05) is 30.8 Å². The molecule has 7 heteroatoms. The van der Waals surface area contributed by atoms with Gasteiger partial charge in [-0.05, 0) is 36.3 Å². The van der Waals surface area contributed by atoms with E-state index in [-0.39, 0.29) is 11.6 Å². The molecule has 0 atom stereocenters. The highest BCUT2D eigenvalue weighted by Crippen LogP contribution is 2.21. The van der Waals surface area contributed by atoms with E-state index in [1.807, 2.05) is 0 Å². The van der Waals surface area contributed by atoms with Gasteiger partial charge < -0.3 is 10.6 Å². The van der Waals surface area contributed by atoms with Gasteiger partial charge in [-0.25, -0.2) is 0 Å². The number of carbonyl (C=O) groups excluding carboxylic acids is 2. The fourth-order valence-corrected chi connectivity index (χ4v) is 2.09. The Bertz CT molecular complexity index is 842. The van der Waals surface area contributed by atoms with Crippen LogP contribution in [0.25, 0.3) is 6.08 Å². The van der Waals surface area contributed by atoms with Crippen molar-refractivity contribution in [3.8, 4) is 0 Å². The fraction of sp³-hybridized carbons (Fsp3) is 0.111. The normalized spacial score (nSPS) is 10.5. The number of nitro groups is 1. The predicted molar refractivity (Wildman–Crippen MR) is 95.3 cm³/mol. The van der Waals surface area contributed by atoms with Gasteiger partial charge in [0.1, 0.15) is 0 Å². The second-order valence-corrected chi connectivity index (χ2v) is 5.28. The topological polar surface area (TPSA) is 101 Å². The molecule has 7 nitrogen and oxygen atoms in total. The highest BCUT2D eigenvalue weighted by Gasteiger charge is 2.10. The van der Waals surface area contributed by atoms with Crippen molar-refractivity contribution in [2.24, 2.45) is 0 Å². The van der Waals surface area contributed by atoms with E-state index in [1.165, 1.54) is 18.2 Å². The molecule has 0 saturated heterocycles. The van der Waals surface area contributed by atoms with Crippen LogP contribution >= 0.6 is 0 Å². The van der Waals surface area contributed by atoms with Crippen molar-refractivity contribution in [3.05, 3.63) is 75.3 Å². The minimum atomic E-state index is -0.515. The van der Waals surface area contributed by atoms with Crippen molar-refractivity contribution in [2.75, 3.05) is 12.4 Å². The smallest absolute Gasteiger partial charge is 0.271 e. The summed E-state index contributed by atoms with van der Waals surface area (Å²) in [5, 5.41) is 16.0. The van der Waals surface area contributed by atoms with Gasteiger partial charge in [-0.2, -0.15) is 0 Å². The molecule has 2 aromatic carbocycles. The van der Waals surface area contributed by atoms with Crippen LogP contribution in [-0.4, -0.2) is 23.8 Å². The second-order valence-electron chi connectivity index (χ2n) is 5.28. The van der Waals surface area contributed by atoms with E-state index in [4.69, 9.17) is 0 Å². The largest absolute Gasteiger partial charge is 0.355 e. The number of rotatable bonds is 5. The van der Waals surface area contributed by atoms with E-state index >= 15 is 0 Å². The number of hydrogen-bond donors (Lipinski definition) is 2. The Balaban J connectivity index is 2.07. The Labute approximate surface area is 144 Å². The zero-order chi connectivity index (χ0) is 18.4. The van der Waals surface area contributed by atoms with Crippen LogP contribution in [0.5, 0.6) is 0 Å². The van der Waals surface area contributed by atoms with E-state index in [0.717, 1.165) is 11.1 Å². The minimum absolute atomic E-state index is 0.0883. The van der Waals surface area contributed by atoms with Gasteiger partial charge in [0.2, 0.25) is 5.91 Å². The van der Waals surface area contributed by atoms with Crippen LogP contribution < -0.4 is 10.6 Å². The monoisotopic (exact) mass is 339 g/mol. The van der Waals surface area contributed by atoms with Gasteiger partial charge in [-0.1, -0.05) is 18.2 Å². The molecule has 0 saturated carbocycles. The Morgan fingerprint density at radius 1 is 1.12 bits per heavy atom. The zero-order valence-electron chi connectivity index (χ0n) is 13.8. The average Bonchev–Trinajstić information content (AvgIpc) is 2.61. The molecule has 0 aromatic heterocycles. The first-order valence-corrected chi connectivity index (χ1v) is 7.47. The number of anilines is 1. The lowest BCUT2D eigenvalue weighted by atomic mass is 10.1. The molecule has 0 aliphatic carbocycles. The van der Waals surface area contributed by atoms with Crippen molar-refractivity contribution in [1.29, 1.82) is 0 Å². The molecule has 2 aromatic rings. The first kappa shape index (κ1) is 17.9. The molecule has 0 aliphatic heterocycles. The number of aryl methyl sites for hydroxylation is 1. The van der Waals surface area contributed by atoms with Gasteiger partial charge in [0.25, 0.3) is 11.6 Å². The molecule has 0 heterocycles. The third-order valence-corrected chi connectivity index (χ3v) is 3.52. The fourth-order valence-electron chi connectivity index (χ4n) is 2.09.